The number of hydrogen-bond acceptors (Lipinski definition) is 3. The summed E-state index contributed by atoms with van der Waals surface area (Å²) >= 11 is 1.70. The first-order valence-corrected chi connectivity index (χ1v) is 8.33. The minimum Gasteiger partial charge on any atom is -0.388 e. The van der Waals surface area contributed by atoms with Gasteiger partial charge in [0.15, 0.2) is 0 Å². The minimum absolute atomic E-state index is 0.191. The molecule has 0 aliphatic heterocycles. The number of rotatable bonds is 7. The van der Waals surface area contributed by atoms with Crippen LogP contribution in [0.25, 0.3) is 0 Å². The minimum atomic E-state index is -0.549. The number of aliphatic hydroxyl groups is 1. The summed E-state index contributed by atoms with van der Waals surface area (Å²) in [5.74, 6) is 0.306. The van der Waals surface area contributed by atoms with Gasteiger partial charge in [-0.1, -0.05) is 43.3 Å². The van der Waals surface area contributed by atoms with Gasteiger partial charge in [-0.25, -0.2) is 4.79 Å². The number of carbonyl (C=O) groups excluding carboxylic acids is 1. The molecule has 4 nitrogen and oxygen atoms in total. The molecule has 22 heavy (non-hydrogen) atoms. The summed E-state index contributed by atoms with van der Waals surface area (Å²) in [5.41, 5.74) is 0.871. The van der Waals surface area contributed by atoms with E-state index in [0.29, 0.717) is 25.4 Å². The fourth-order valence-corrected chi connectivity index (χ4v) is 2.93. The standard InChI is InChI=1S/C17H22N2O2S/c1-13(16-8-5-11-22-16)12-19-17(21)18-10-9-15(20)14-6-3-2-4-7-14/h2-8,11,13,15,20H,9-10,12H2,1H3,(H2,18,19,21). The largest absolute Gasteiger partial charge is 0.388 e. The smallest absolute Gasteiger partial charge is 0.314 e. The van der Waals surface area contributed by atoms with E-state index in [2.05, 4.69) is 23.6 Å². The highest BCUT2D eigenvalue weighted by Gasteiger charge is 2.10. The van der Waals surface area contributed by atoms with Gasteiger partial charge in [-0.15, -0.1) is 11.3 Å². The number of amides is 2. The molecule has 0 saturated carbocycles. The molecule has 1 aromatic heterocycles. The van der Waals surface area contributed by atoms with E-state index in [0.717, 1.165) is 5.56 Å². The fraction of sp³-hybridized carbons (Fsp3) is 0.353. The zero-order valence-corrected chi connectivity index (χ0v) is 13.5. The third-order valence-electron chi connectivity index (χ3n) is 3.49. The highest BCUT2D eigenvalue weighted by molar-refractivity contribution is 7.10. The number of thiophene rings is 1. The maximum atomic E-state index is 11.7. The fourth-order valence-electron chi connectivity index (χ4n) is 2.14. The number of benzene rings is 1. The molecule has 0 aliphatic carbocycles. The van der Waals surface area contributed by atoms with Crippen molar-refractivity contribution in [2.45, 2.75) is 25.4 Å². The van der Waals surface area contributed by atoms with E-state index >= 15 is 0 Å². The Morgan fingerprint density at radius 3 is 2.64 bits per heavy atom. The van der Waals surface area contributed by atoms with Crippen LogP contribution in [0.5, 0.6) is 0 Å². The maximum Gasteiger partial charge on any atom is 0.314 e. The summed E-state index contributed by atoms with van der Waals surface area (Å²) in [6, 6.07) is 13.4. The Kier molecular flexibility index (Phi) is 6.43. The Morgan fingerprint density at radius 2 is 1.95 bits per heavy atom. The van der Waals surface area contributed by atoms with Gasteiger partial charge in [-0.05, 0) is 23.4 Å². The van der Waals surface area contributed by atoms with Gasteiger partial charge in [0.1, 0.15) is 0 Å². The summed E-state index contributed by atoms with van der Waals surface area (Å²) < 4.78 is 0. The van der Waals surface area contributed by atoms with Crippen LogP contribution >= 0.6 is 11.3 Å². The van der Waals surface area contributed by atoms with Crippen molar-refractivity contribution < 1.29 is 9.90 Å². The molecule has 118 valence electrons. The molecule has 1 aromatic carbocycles. The van der Waals surface area contributed by atoms with Gasteiger partial charge < -0.3 is 15.7 Å². The second-order valence-corrected chi connectivity index (χ2v) is 6.25. The lowest BCUT2D eigenvalue weighted by atomic mass is 10.1. The maximum absolute atomic E-state index is 11.7. The molecule has 2 rings (SSSR count). The molecular formula is C17H22N2O2S. The van der Waals surface area contributed by atoms with Crippen LogP contribution < -0.4 is 10.6 Å². The van der Waals surface area contributed by atoms with Crippen LogP contribution in [-0.2, 0) is 0 Å². The first-order chi connectivity index (χ1) is 10.7. The Balaban J connectivity index is 1.63. The quantitative estimate of drug-likeness (QED) is 0.734. The number of aliphatic hydroxyl groups excluding tert-OH is 1. The molecule has 0 fully saturated rings. The van der Waals surface area contributed by atoms with Crippen LogP contribution in [0, 0.1) is 0 Å². The Bertz CT molecular complexity index is 557. The SMILES string of the molecule is CC(CNC(=O)NCCC(O)c1ccccc1)c1cccs1. The van der Waals surface area contributed by atoms with Gasteiger partial charge >= 0.3 is 6.03 Å². The van der Waals surface area contributed by atoms with Crippen LogP contribution in [0.3, 0.4) is 0 Å². The summed E-state index contributed by atoms with van der Waals surface area (Å²) in [4.78, 5) is 13.0. The topological polar surface area (TPSA) is 61.4 Å². The van der Waals surface area contributed by atoms with Gasteiger partial charge in [0.2, 0.25) is 0 Å². The first-order valence-electron chi connectivity index (χ1n) is 7.45. The Morgan fingerprint density at radius 1 is 1.18 bits per heavy atom. The molecule has 0 bridgehead atoms. The van der Waals surface area contributed by atoms with Crippen molar-refractivity contribution in [2.24, 2.45) is 0 Å². The molecule has 1 heterocycles. The average molecular weight is 318 g/mol. The second kappa shape index (κ2) is 8.56. The van der Waals surface area contributed by atoms with Gasteiger partial charge in [-0.2, -0.15) is 0 Å². The molecule has 5 heteroatoms. The Labute approximate surface area is 135 Å². The third kappa shape index (κ3) is 5.16. The van der Waals surface area contributed by atoms with Crippen molar-refractivity contribution >= 4 is 17.4 Å². The molecule has 2 amide bonds. The van der Waals surface area contributed by atoms with Crippen molar-refractivity contribution in [2.75, 3.05) is 13.1 Å². The molecule has 2 aromatic rings. The van der Waals surface area contributed by atoms with Crippen molar-refractivity contribution in [1.29, 1.82) is 0 Å². The van der Waals surface area contributed by atoms with Crippen molar-refractivity contribution in [3.63, 3.8) is 0 Å². The Hall–Kier alpha value is -1.85. The highest BCUT2D eigenvalue weighted by Crippen LogP contribution is 2.19. The number of urea groups is 1. The van der Waals surface area contributed by atoms with E-state index < -0.39 is 6.10 Å². The molecule has 0 radical (unpaired) electrons. The lowest BCUT2D eigenvalue weighted by molar-refractivity contribution is 0.167. The molecule has 2 unspecified atom stereocenters. The highest BCUT2D eigenvalue weighted by atomic mass is 32.1. The average Bonchev–Trinajstić information content (AvgIpc) is 3.08. The van der Waals surface area contributed by atoms with Crippen LogP contribution in [-0.4, -0.2) is 24.2 Å². The van der Waals surface area contributed by atoms with Gasteiger partial charge in [0.05, 0.1) is 6.10 Å². The number of carbonyl (C=O) groups is 1. The molecule has 0 aliphatic rings. The predicted octanol–water partition coefficient (Wildman–Crippen LogP) is 3.27. The molecule has 0 saturated heterocycles. The van der Waals surface area contributed by atoms with E-state index in [-0.39, 0.29) is 6.03 Å². The van der Waals surface area contributed by atoms with E-state index in [1.165, 1.54) is 4.88 Å². The zero-order valence-electron chi connectivity index (χ0n) is 12.7. The van der Waals surface area contributed by atoms with Gasteiger partial charge in [-0.3, -0.25) is 0 Å². The summed E-state index contributed by atoms with van der Waals surface area (Å²) in [6.07, 6.45) is -0.0516. The summed E-state index contributed by atoms with van der Waals surface area (Å²) in [5, 5.41) is 17.7. The lowest BCUT2D eigenvalue weighted by Crippen LogP contribution is -2.38. The van der Waals surface area contributed by atoms with Crippen molar-refractivity contribution in [3.8, 4) is 0 Å². The van der Waals surface area contributed by atoms with Gasteiger partial charge in [0, 0.05) is 23.9 Å². The van der Waals surface area contributed by atoms with Crippen LogP contribution in [0.2, 0.25) is 0 Å². The molecule has 0 spiro atoms. The molecule has 2 atom stereocenters. The normalized spacial score (nSPS) is 13.4. The monoisotopic (exact) mass is 318 g/mol. The number of hydrogen-bond donors (Lipinski definition) is 3. The van der Waals surface area contributed by atoms with Crippen molar-refractivity contribution in [3.05, 3.63) is 58.3 Å². The molecular weight excluding hydrogens is 296 g/mol. The van der Waals surface area contributed by atoms with Crippen LogP contribution in [0.1, 0.15) is 35.8 Å². The first kappa shape index (κ1) is 16.5. The van der Waals surface area contributed by atoms with Gasteiger partial charge in [0.25, 0.3) is 0 Å². The van der Waals surface area contributed by atoms with Crippen LogP contribution in [0.4, 0.5) is 4.79 Å². The predicted molar refractivity (Wildman–Crippen MR) is 90.2 cm³/mol. The van der Waals surface area contributed by atoms with E-state index in [4.69, 9.17) is 0 Å². The van der Waals surface area contributed by atoms with E-state index in [1.807, 2.05) is 41.8 Å². The lowest BCUT2D eigenvalue weighted by Gasteiger charge is -2.14. The summed E-state index contributed by atoms with van der Waals surface area (Å²) in [6.45, 7) is 3.13. The van der Waals surface area contributed by atoms with E-state index in [1.54, 1.807) is 11.3 Å². The van der Waals surface area contributed by atoms with Crippen molar-refractivity contribution in [1.82, 2.24) is 10.6 Å². The third-order valence-corrected chi connectivity index (χ3v) is 4.59. The number of nitrogens with one attached hydrogen (secondary N) is 2. The zero-order chi connectivity index (χ0) is 15.8. The second-order valence-electron chi connectivity index (χ2n) is 5.27. The van der Waals surface area contributed by atoms with E-state index in [9.17, 15) is 9.90 Å². The summed E-state index contributed by atoms with van der Waals surface area (Å²) in [7, 11) is 0. The van der Waals surface area contributed by atoms with Crippen LogP contribution in [0.15, 0.2) is 47.8 Å². The molecule has 3 N–H and O–H groups in total.